The van der Waals surface area contributed by atoms with Crippen molar-refractivity contribution in [2.75, 3.05) is 0 Å². The summed E-state index contributed by atoms with van der Waals surface area (Å²) in [4.78, 5) is 18.5. The van der Waals surface area contributed by atoms with Gasteiger partial charge < -0.3 is 10.2 Å². The molecule has 2 rings (SSSR count). The van der Waals surface area contributed by atoms with Crippen LogP contribution in [0.4, 0.5) is 0 Å². The Labute approximate surface area is 182 Å². The lowest BCUT2D eigenvalue weighted by atomic mass is 9.90. The van der Waals surface area contributed by atoms with Crippen LogP contribution in [0.5, 0.6) is 0 Å². The number of benzene rings is 1. The molecule has 1 atom stereocenters. The second-order valence-corrected chi connectivity index (χ2v) is 9.57. The van der Waals surface area contributed by atoms with Gasteiger partial charge in [0.2, 0.25) is 0 Å². The first-order valence-electron chi connectivity index (χ1n) is 9.84. The van der Waals surface area contributed by atoms with E-state index in [4.69, 9.17) is 4.84 Å². The average molecular weight is 459 g/mol. The number of amides is 1. The van der Waals surface area contributed by atoms with Crippen LogP contribution in [-0.2, 0) is 16.1 Å². The molecule has 0 aliphatic heterocycles. The quantitative estimate of drug-likeness (QED) is 0.240. The fourth-order valence-electron chi connectivity index (χ4n) is 3.02. The van der Waals surface area contributed by atoms with Gasteiger partial charge in [0.05, 0.1) is 6.04 Å². The molecule has 0 radical (unpaired) electrons. The van der Waals surface area contributed by atoms with Gasteiger partial charge in [0.15, 0.2) is 5.71 Å². The molecule has 1 amide bonds. The Hall–Kier alpha value is -2.14. The lowest BCUT2D eigenvalue weighted by Crippen LogP contribution is -2.35. The van der Waals surface area contributed by atoms with Crippen LogP contribution < -0.4 is 5.32 Å². The number of allylic oxidation sites excluding steroid dienone is 3. The topological polar surface area (TPSA) is 50.7 Å². The molecule has 0 saturated carbocycles. The fraction of sp³-hybridized carbons (Fsp3) is 0.417. The molecule has 0 spiro atoms. The van der Waals surface area contributed by atoms with E-state index in [-0.39, 0.29) is 23.1 Å². The molecule has 0 heterocycles. The van der Waals surface area contributed by atoms with E-state index < -0.39 is 0 Å². The van der Waals surface area contributed by atoms with E-state index in [0.717, 1.165) is 29.3 Å². The molecule has 1 aromatic carbocycles. The molecular weight excluding hydrogens is 428 g/mol. The Morgan fingerprint density at radius 3 is 2.62 bits per heavy atom. The van der Waals surface area contributed by atoms with E-state index in [0.29, 0.717) is 11.3 Å². The molecule has 5 heteroatoms. The van der Waals surface area contributed by atoms with E-state index in [1.54, 1.807) is 6.92 Å². The Balaban J connectivity index is 2.27. The zero-order valence-corrected chi connectivity index (χ0v) is 19.6. The van der Waals surface area contributed by atoms with Gasteiger partial charge in [0.1, 0.15) is 5.76 Å². The molecule has 29 heavy (non-hydrogen) atoms. The van der Waals surface area contributed by atoms with Crippen molar-refractivity contribution in [3.63, 3.8) is 0 Å². The van der Waals surface area contributed by atoms with Gasteiger partial charge >= 0.3 is 0 Å². The van der Waals surface area contributed by atoms with E-state index in [1.807, 2.05) is 26.8 Å². The first-order valence-corrected chi connectivity index (χ1v) is 10.6. The van der Waals surface area contributed by atoms with E-state index in [2.05, 4.69) is 64.7 Å². The number of hydrogen-bond donors (Lipinski definition) is 1. The molecule has 0 bridgehead atoms. The van der Waals surface area contributed by atoms with Crippen LogP contribution >= 0.6 is 15.9 Å². The molecular formula is C24H31BrN2O2. The predicted molar refractivity (Wildman–Crippen MR) is 124 cm³/mol. The van der Waals surface area contributed by atoms with Crippen molar-refractivity contribution < 1.29 is 9.63 Å². The summed E-state index contributed by atoms with van der Waals surface area (Å²) in [7, 11) is 0. The molecule has 1 aromatic rings. The van der Waals surface area contributed by atoms with Crippen molar-refractivity contribution in [3.8, 4) is 0 Å². The Kier molecular flexibility index (Phi) is 7.64. The molecule has 0 aromatic heterocycles. The van der Waals surface area contributed by atoms with Crippen molar-refractivity contribution in [2.45, 2.75) is 59.9 Å². The molecule has 0 fully saturated rings. The summed E-state index contributed by atoms with van der Waals surface area (Å²) in [5.41, 5.74) is 4.15. The van der Waals surface area contributed by atoms with Crippen LogP contribution in [0, 0.1) is 5.41 Å². The van der Waals surface area contributed by atoms with E-state index in [9.17, 15) is 4.79 Å². The molecule has 4 nitrogen and oxygen atoms in total. The van der Waals surface area contributed by atoms with Crippen molar-refractivity contribution in [1.29, 1.82) is 0 Å². The number of carbonyl (C=O) groups is 1. The lowest BCUT2D eigenvalue weighted by Gasteiger charge is -2.24. The lowest BCUT2D eigenvalue weighted by molar-refractivity contribution is -0.115. The minimum Gasteiger partial charge on any atom is -0.361 e. The van der Waals surface area contributed by atoms with Gasteiger partial charge in [-0.05, 0) is 61.9 Å². The highest BCUT2D eigenvalue weighted by Crippen LogP contribution is 2.30. The third kappa shape index (κ3) is 6.43. The molecule has 1 aliphatic carbocycles. The summed E-state index contributed by atoms with van der Waals surface area (Å²) in [5, 5.41) is 7.20. The van der Waals surface area contributed by atoms with Crippen molar-refractivity contribution >= 4 is 27.5 Å². The summed E-state index contributed by atoms with van der Waals surface area (Å²) >= 11 is 3.56. The van der Waals surface area contributed by atoms with Gasteiger partial charge in [0.25, 0.3) is 5.91 Å². The van der Waals surface area contributed by atoms with Crippen molar-refractivity contribution in [2.24, 2.45) is 10.6 Å². The molecule has 156 valence electrons. The van der Waals surface area contributed by atoms with Gasteiger partial charge in [-0.2, -0.15) is 0 Å². The highest BCUT2D eigenvalue weighted by Gasteiger charge is 2.24. The molecule has 1 aliphatic rings. The molecule has 0 saturated heterocycles. The third-order valence-electron chi connectivity index (χ3n) is 4.91. The Bertz CT molecular complexity index is 875. The summed E-state index contributed by atoms with van der Waals surface area (Å²) in [6.07, 6.45) is 4.84. The number of carbonyl (C=O) groups excluding carboxylic acids is 1. The second-order valence-electron chi connectivity index (χ2n) is 8.66. The highest BCUT2D eigenvalue weighted by atomic mass is 79.9. The average Bonchev–Trinajstić information content (AvgIpc) is 2.58. The van der Waals surface area contributed by atoms with Gasteiger partial charge in [-0.1, -0.05) is 72.7 Å². The Morgan fingerprint density at radius 2 is 2.00 bits per heavy atom. The summed E-state index contributed by atoms with van der Waals surface area (Å²) in [6, 6.07) is 6.12. The third-order valence-corrected chi connectivity index (χ3v) is 5.40. The minimum absolute atomic E-state index is 0.106. The number of fused-ring (bicyclic) bond motifs is 1. The summed E-state index contributed by atoms with van der Waals surface area (Å²) in [5.74, 6) is 0.199. The first-order chi connectivity index (χ1) is 13.5. The maximum Gasteiger partial charge on any atom is 0.274 e. The standard InChI is InChI=1S/C24H31BrN2O2/c1-15(2)22(27-29-17(4)24(5,6)7)23(28)26-21-10-8-9-16(3)13-18-14-19(25)11-12-20(18)21/h9,11-12,14,21H,1,4,8,10,13H2,2-3,5-7H3,(H,26,28)/b16-9-,27-22+. The SMILES string of the molecule is C=C(C)/C(=N\OC(=C)C(C)(C)C)C(=O)NC1CC/C=C(/C)Cc2cc(Br)ccc21. The smallest absolute Gasteiger partial charge is 0.274 e. The van der Waals surface area contributed by atoms with Gasteiger partial charge in [-0.15, -0.1) is 0 Å². The molecule has 1 unspecified atom stereocenters. The second kappa shape index (κ2) is 9.57. The summed E-state index contributed by atoms with van der Waals surface area (Å²) < 4.78 is 1.04. The fourth-order valence-corrected chi connectivity index (χ4v) is 3.43. The summed E-state index contributed by atoms with van der Waals surface area (Å²) in [6.45, 7) is 17.6. The maximum absolute atomic E-state index is 13.0. The first kappa shape index (κ1) is 23.1. The Morgan fingerprint density at radius 1 is 1.31 bits per heavy atom. The predicted octanol–water partition coefficient (Wildman–Crippen LogP) is 6.40. The van der Waals surface area contributed by atoms with Crippen molar-refractivity contribution in [1.82, 2.24) is 5.32 Å². The van der Waals surface area contributed by atoms with Crippen LogP contribution in [0.15, 0.2) is 64.0 Å². The maximum atomic E-state index is 13.0. The number of oxime groups is 1. The van der Waals surface area contributed by atoms with Crippen LogP contribution in [0.2, 0.25) is 0 Å². The van der Waals surface area contributed by atoms with Gasteiger partial charge in [-0.3, -0.25) is 4.79 Å². The molecule has 1 N–H and O–H groups in total. The highest BCUT2D eigenvalue weighted by molar-refractivity contribution is 9.10. The van der Waals surface area contributed by atoms with Crippen LogP contribution in [0.3, 0.4) is 0 Å². The minimum atomic E-state index is -0.292. The zero-order chi connectivity index (χ0) is 21.8. The normalized spacial score (nSPS) is 19.2. The van der Waals surface area contributed by atoms with E-state index >= 15 is 0 Å². The van der Waals surface area contributed by atoms with Crippen molar-refractivity contribution in [3.05, 3.63) is 69.9 Å². The van der Waals surface area contributed by atoms with Crippen LogP contribution in [0.1, 0.15) is 64.6 Å². The number of nitrogens with one attached hydrogen (secondary N) is 1. The largest absolute Gasteiger partial charge is 0.361 e. The van der Waals surface area contributed by atoms with E-state index in [1.165, 1.54) is 11.1 Å². The number of rotatable bonds is 5. The van der Waals surface area contributed by atoms with Crippen LogP contribution in [-0.4, -0.2) is 11.6 Å². The van der Waals surface area contributed by atoms with Gasteiger partial charge in [-0.25, -0.2) is 0 Å². The number of nitrogens with zero attached hydrogens (tertiary/aromatic N) is 1. The zero-order valence-electron chi connectivity index (χ0n) is 18.1. The van der Waals surface area contributed by atoms with Crippen LogP contribution in [0.25, 0.3) is 0 Å². The number of halogens is 1. The number of hydrogen-bond acceptors (Lipinski definition) is 3. The van der Waals surface area contributed by atoms with Gasteiger partial charge in [0, 0.05) is 9.89 Å². The monoisotopic (exact) mass is 458 g/mol.